The second-order valence-corrected chi connectivity index (χ2v) is 5.16. The molecule has 0 saturated heterocycles. The van der Waals surface area contributed by atoms with E-state index in [2.05, 4.69) is 5.32 Å². The molecule has 0 fully saturated rings. The molecule has 0 bridgehead atoms. The molecule has 0 heterocycles. The molecule has 1 rings (SSSR count). The highest BCUT2D eigenvalue weighted by molar-refractivity contribution is 5.89. The minimum Gasteiger partial charge on any atom is -0.504 e. The summed E-state index contributed by atoms with van der Waals surface area (Å²) in [4.78, 5) is 23.2. The zero-order chi connectivity index (χ0) is 16.2. The Morgan fingerprint density at radius 3 is 2.43 bits per heavy atom. The van der Waals surface area contributed by atoms with E-state index in [4.69, 9.17) is 5.73 Å². The van der Waals surface area contributed by atoms with Crippen LogP contribution in [0.5, 0.6) is 11.5 Å². The monoisotopic (exact) mass is 296 g/mol. The molecule has 7 nitrogen and oxygen atoms in total. The summed E-state index contributed by atoms with van der Waals surface area (Å²) in [6.45, 7) is 3.25. The average molecular weight is 296 g/mol. The van der Waals surface area contributed by atoms with Gasteiger partial charge in [-0.25, -0.2) is 4.79 Å². The normalized spacial score (nSPS) is 15.0. The van der Waals surface area contributed by atoms with Gasteiger partial charge < -0.3 is 26.4 Å². The third-order valence-electron chi connectivity index (χ3n) is 3.34. The van der Waals surface area contributed by atoms with Crippen molar-refractivity contribution >= 4 is 11.9 Å². The molecular formula is C14H20N2O5. The first kappa shape index (κ1) is 16.8. The number of phenolic OH excluding ortho intramolecular Hbond substituents is 2. The predicted molar refractivity (Wildman–Crippen MR) is 75.9 cm³/mol. The fourth-order valence-corrected chi connectivity index (χ4v) is 1.62. The first-order valence-electron chi connectivity index (χ1n) is 6.51. The Bertz CT molecular complexity index is 542. The van der Waals surface area contributed by atoms with Crippen LogP contribution in [0, 0.1) is 0 Å². The number of nitrogens with two attached hydrogens (primary N) is 1. The summed E-state index contributed by atoms with van der Waals surface area (Å²) in [5.41, 5.74) is 5.09. The van der Waals surface area contributed by atoms with E-state index in [0.717, 1.165) is 0 Å². The summed E-state index contributed by atoms with van der Waals surface area (Å²) in [7, 11) is 0. The number of benzene rings is 1. The van der Waals surface area contributed by atoms with Gasteiger partial charge >= 0.3 is 5.97 Å². The number of aliphatic carboxylic acids is 1. The number of carboxylic acids is 1. The molecule has 7 heteroatoms. The predicted octanol–water partition coefficient (Wildman–Crippen LogP) is 0.337. The third kappa shape index (κ3) is 4.35. The lowest BCUT2D eigenvalue weighted by Crippen LogP contribution is -2.55. The number of nitrogens with one attached hydrogen (secondary N) is 1. The number of amides is 1. The van der Waals surface area contributed by atoms with Crippen molar-refractivity contribution in [3.8, 4) is 11.5 Å². The Labute approximate surface area is 122 Å². The molecule has 6 N–H and O–H groups in total. The number of hydrogen-bond acceptors (Lipinski definition) is 5. The van der Waals surface area contributed by atoms with Crippen LogP contribution in [0.4, 0.5) is 0 Å². The van der Waals surface area contributed by atoms with E-state index >= 15 is 0 Å². The van der Waals surface area contributed by atoms with Gasteiger partial charge in [0.2, 0.25) is 5.91 Å². The lowest BCUT2D eigenvalue weighted by molar-refractivity contribution is -0.142. The molecule has 1 amide bonds. The molecule has 116 valence electrons. The fraction of sp³-hybridized carbons (Fsp3) is 0.429. The maximum atomic E-state index is 11.9. The van der Waals surface area contributed by atoms with Crippen molar-refractivity contribution in [1.82, 2.24) is 5.32 Å². The molecule has 0 spiro atoms. The van der Waals surface area contributed by atoms with E-state index in [0.29, 0.717) is 12.0 Å². The molecule has 0 aliphatic rings. The molecule has 1 aromatic rings. The third-order valence-corrected chi connectivity index (χ3v) is 3.34. The van der Waals surface area contributed by atoms with Gasteiger partial charge in [0.15, 0.2) is 11.5 Å². The highest BCUT2D eigenvalue weighted by atomic mass is 16.4. The first-order chi connectivity index (χ1) is 9.67. The number of carbonyl (C=O) groups excluding carboxylic acids is 1. The van der Waals surface area contributed by atoms with Crippen molar-refractivity contribution in [1.29, 1.82) is 0 Å². The lowest BCUT2D eigenvalue weighted by atomic mass is 9.98. The van der Waals surface area contributed by atoms with Gasteiger partial charge in [-0.2, -0.15) is 0 Å². The second-order valence-electron chi connectivity index (χ2n) is 5.16. The van der Waals surface area contributed by atoms with Gasteiger partial charge in [-0.1, -0.05) is 13.0 Å². The van der Waals surface area contributed by atoms with Crippen LogP contribution >= 0.6 is 0 Å². The van der Waals surface area contributed by atoms with Gasteiger partial charge in [-0.15, -0.1) is 0 Å². The Hall–Kier alpha value is -2.28. The van der Waals surface area contributed by atoms with E-state index in [-0.39, 0.29) is 17.9 Å². The van der Waals surface area contributed by atoms with Gasteiger partial charge in [-0.3, -0.25) is 4.79 Å². The molecule has 21 heavy (non-hydrogen) atoms. The number of aromatic hydroxyl groups is 2. The zero-order valence-electron chi connectivity index (χ0n) is 12.0. The van der Waals surface area contributed by atoms with E-state index in [9.17, 15) is 24.9 Å². The highest BCUT2D eigenvalue weighted by Gasteiger charge is 2.30. The van der Waals surface area contributed by atoms with Crippen molar-refractivity contribution in [2.75, 3.05) is 0 Å². The minimum atomic E-state index is -1.21. The quantitative estimate of drug-likeness (QED) is 0.481. The van der Waals surface area contributed by atoms with Crippen LogP contribution in [0.25, 0.3) is 0 Å². The van der Waals surface area contributed by atoms with Crippen LogP contribution in [0.3, 0.4) is 0 Å². The van der Waals surface area contributed by atoms with Gasteiger partial charge in [0.1, 0.15) is 6.04 Å². The van der Waals surface area contributed by atoms with Crippen molar-refractivity contribution in [2.24, 2.45) is 5.73 Å². The Kier molecular flexibility index (Phi) is 5.15. The Balaban J connectivity index is 2.86. The molecule has 0 aliphatic carbocycles. The maximum Gasteiger partial charge on any atom is 0.326 e. The van der Waals surface area contributed by atoms with Crippen molar-refractivity contribution in [2.45, 2.75) is 38.3 Å². The largest absolute Gasteiger partial charge is 0.504 e. The summed E-state index contributed by atoms with van der Waals surface area (Å²) in [5.74, 6) is -2.40. The van der Waals surface area contributed by atoms with E-state index < -0.39 is 23.5 Å². The summed E-state index contributed by atoms with van der Waals surface area (Å²) >= 11 is 0. The van der Waals surface area contributed by atoms with Crippen LogP contribution in [0.15, 0.2) is 18.2 Å². The molecule has 0 aliphatic heterocycles. The van der Waals surface area contributed by atoms with E-state index in [1.807, 2.05) is 0 Å². The summed E-state index contributed by atoms with van der Waals surface area (Å²) in [6, 6.07) is 2.80. The molecule has 2 unspecified atom stereocenters. The van der Waals surface area contributed by atoms with Crippen molar-refractivity contribution < 1.29 is 24.9 Å². The van der Waals surface area contributed by atoms with Crippen LogP contribution in [-0.4, -0.2) is 38.8 Å². The number of rotatable bonds is 6. The van der Waals surface area contributed by atoms with Gasteiger partial charge in [0.25, 0.3) is 0 Å². The minimum absolute atomic E-state index is 0.0330. The Morgan fingerprint density at radius 1 is 1.33 bits per heavy atom. The topological polar surface area (TPSA) is 133 Å². The maximum absolute atomic E-state index is 11.9. The Morgan fingerprint density at radius 2 is 1.95 bits per heavy atom. The average Bonchev–Trinajstić information content (AvgIpc) is 2.41. The van der Waals surface area contributed by atoms with E-state index in [1.165, 1.54) is 25.1 Å². The van der Waals surface area contributed by atoms with Crippen LogP contribution in [0.2, 0.25) is 0 Å². The van der Waals surface area contributed by atoms with Crippen LogP contribution < -0.4 is 11.1 Å². The van der Waals surface area contributed by atoms with Gasteiger partial charge in [0, 0.05) is 6.42 Å². The highest BCUT2D eigenvalue weighted by Crippen LogP contribution is 2.25. The van der Waals surface area contributed by atoms with Crippen molar-refractivity contribution in [3.63, 3.8) is 0 Å². The molecule has 0 aromatic heterocycles. The summed E-state index contributed by atoms with van der Waals surface area (Å²) in [6.07, 6.45) is 0.333. The SMILES string of the molecule is CCC(C)(N)C(=O)NC(Cc1ccc(O)c(O)c1)C(=O)O. The fourth-order valence-electron chi connectivity index (χ4n) is 1.62. The summed E-state index contributed by atoms with van der Waals surface area (Å²) < 4.78 is 0. The number of carbonyl (C=O) groups is 2. The van der Waals surface area contributed by atoms with Crippen molar-refractivity contribution in [3.05, 3.63) is 23.8 Å². The lowest BCUT2D eigenvalue weighted by Gasteiger charge is -2.24. The second kappa shape index (κ2) is 6.45. The first-order valence-corrected chi connectivity index (χ1v) is 6.51. The van der Waals surface area contributed by atoms with Crippen LogP contribution in [-0.2, 0) is 16.0 Å². The van der Waals surface area contributed by atoms with Crippen LogP contribution in [0.1, 0.15) is 25.8 Å². The van der Waals surface area contributed by atoms with Gasteiger partial charge in [-0.05, 0) is 31.0 Å². The number of hydrogen-bond donors (Lipinski definition) is 5. The number of phenols is 2. The summed E-state index contributed by atoms with van der Waals surface area (Å²) in [5, 5.41) is 30.2. The standard InChI is InChI=1S/C14H20N2O5/c1-3-14(2,15)13(21)16-9(12(19)20)6-8-4-5-10(17)11(18)7-8/h4-5,7,9,17-18H,3,6,15H2,1-2H3,(H,16,21)(H,19,20). The van der Waals surface area contributed by atoms with E-state index in [1.54, 1.807) is 6.92 Å². The zero-order valence-corrected chi connectivity index (χ0v) is 12.0. The molecule has 1 aromatic carbocycles. The smallest absolute Gasteiger partial charge is 0.326 e. The number of carboxylic acid groups (broad SMARTS) is 1. The molecule has 0 saturated carbocycles. The molecule has 0 radical (unpaired) electrons. The molecular weight excluding hydrogens is 276 g/mol. The van der Waals surface area contributed by atoms with Gasteiger partial charge in [0.05, 0.1) is 5.54 Å². The molecule has 2 atom stereocenters.